The van der Waals surface area contributed by atoms with Gasteiger partial charge in [-0.3, -0.25) is 13.9 Å². The summed E-state index contributed by atoms with van der Waals surface area (Å²) < 4.78 is 25.2. The third-order valence-electron chi connectivity index (χ3n) is 4.29. The van der Waals surface area contributed by atoms with Gasteiger partial charge in [0.15, 0.2) is 0 Å². The Morgan fingerprint density at radius 2 is 1.67 bits per heavy atom. The molecule has 2 N–H and O–H groups in total. The van der Waals surface area contributed by atoms with Crippen molar-refractivity contribution >= 4 is 33.2 Å². The van der Waals surface area contributed by atoms with Crippen LogP contribution in [-0.2, 0) is 26.2 Å². The Kier molecular flexibility index (Phi) is 5.46. The molecule has 1 aliphatic heterocycles. The van der Waals surface area contributed by atoms with E-state index in [0.717, 1.165) is 11.1 Å². The van der Waals surface area contributed by atoms with Gasteiger partial charge in [0.05, 0.1) is 11.4 Å². The molecule has 0 radical (unpaired) electrons. The number of nitrogens with one attached hydrogen (secondary N) is 2. The fourth-order valence-corrected chi connectivity index (χ4v) is 4.36. The van der Waals surface area contributed by atoms with Gasteiger partial charge in [-0.25, -0.2) is 8.42 Å². The number of nitrogens with zero attached hydrogens (tertiary/aromatic N) is 1. The lowest BCUT2D eigenvalue weighted by atomic mass is 10.1. The van der Waals surface area contributed by atoms with Gasteiger partial charge in [-0.05, 0) is 43.2 Å². The molecule has 8 heteroatoms. The molecule has 0 bridgehead atoms. The monoisotopic (exact) mass is 387 g/mol. The number of benzene rings is 2. The summed E-state index contributed by atoms with van der Waals surface area (Å²) in [6, 6.07) is 14.0. The number of carbonyl (C=O) groups excluding carboxylic acids is 2. The number of aryl methyl sites for hydroxylation is 1. The van der Waals surface area contributed by atoms with Gasteiger partial charge in [0.25, 0.3) is 0 Å². The van der Waals surface area contributed by atoms with Crippen molar-refractivity contribution in [3.63, 3.8) is 0 Å². The molecule has 3 rings (SSSR count). The summed E-state index contributed by atoms with van der Waals surface area (Å²) in [6.07, 6.45) is 0.599. The van der Waals surface area contributed by atoms with Gasteiger partial charge in [-0.1, -0.05) is 29.8 Å². The molecular formula is C19H21N3O4S. The lowest BCUT2D eigenvalue weighted by molar-refractivity contribution is -0.136. The number of hydrogen-bond acceptors (Lipinski definition) is 4. The second-order valence-electron chi connectivity index (χ2n) is 6.41. The fourth-order valence-electron chi connectivity index (χ4n) is 2.80. The van der Waals surface area contributed by atoms with Crippen LogP contribution in [0.5, 0.6) is 0 Å². The first-order valence-corrected chi connectivity index (χ1v) is 10.2. The molecular weight excluding hydrogens is 366 g/mol. The van der Waals surface area contributed by atoms with Crippen molar-refractivity contribution in [2.45, 2.75) is 19.9 Å². The molecule has 1 aliphatic rings. The van der Waals surface area contributed by atoms with Crippen LogP contribution in [0.4, 0.5) is 11.4 Å². The van der Waals surface area contributed by atoms with Crippen LogP contribution >= 0.6 is 0 Å². The van der Waals surface area contributed by atoms with Crippen molar-refractivity contribution in [3.05, 3.63) is 59.7 Å². The zero-order valence-electron chi connectivity index (χ0n) is 14.9. The minimum Gasteiger partial charge on any atom is -0.344 e. The SMILES string of the molecule is Cc1ccc(CNC(=O)C(=O)Nc2ccc(N3CCCS3(=O)=O)cc2)cc1. The van der Waals surface area contributed by atoms with Crippen molar-refractivity contribution in [2.75, 3.05) is 21.9 Å². The van der Waals surface area contributed by atoms with Crippen molar-refractivity contribution < 1.29 is 18.0 Å². The van der Waals surface area contributed by atoms with Gasteiger partial charge in [0.1, 0.15) is 0 Å². The smallest absolute Gasteiger partial charge is 0.313 e. The largest absolute Gasteiger partial charge is 0.344 e. The maximum atomic E-state index is 12.0. The summed E-state index contributed by atoms with van der Waals surface area (Å²) in [5.74, 6) is -1.36. The predicted octanol–water partition coefficient (Wildman–Crippen LogP) is 1.79. The highest BCUT2D eigenvalue weighted by molar-refractivity contribution is 7.93. The van der Waals surface area contributed by atoms with Crippen molar-refractivity contribution in [2.24, 2.45) is 0 Å². The summed E-state index contributed by atoms with van der Waals surface area (Å²) in [5.41, 5.74) is 2.99. The van der Waals surface area contributed by atoms with Crippen LogP contribution in [0.3, 0.4) is 0 Å². The molecule has 0 atom stereocenters. The van der Waals surface area contributed by atoms with E-state index >= 15 is 0 Å². The number of amides is 2. The van der Waals surface area contributed by atoms with Crippen LogP contribution in [0.25, 0.3) is 0 Å². The van der Waals surface area contributed by atoms with Crippen LogP contribution < -0.4 is 14.9 Å². The number of anilines is 2. The van der Waals surface area contributed by atoms with E-state index in [1.54, 1.807) is 24.3 Å². The molecule has 7 nitrogen and oxygen atoms in total. The quantitative estimate of drug-likeness (QED) is 0.782. The number of hydrogen-bond donors (Lipinski definition) is 2. The molecule has 0 spiro atoms. The van der Waals surface area contributed by atoms with Crippen LogP contribution in [0.1, 0.15) is 17.5 Å². The molecule has 1 heterocycles. The first kappa shape index (κ1) is 18.9. The second-order valence-corrected chi connectivity index (χ2v) is 8.42. The van der Waals surface area contributed by atoms with E-state index in [0.29, 0.717) is 24.3 Å². The highest BCUT2D eigenvalue weighted by Gasteiger charge is 2.28. The molecule has 0 saturated carbocycles. The third-order valence-corrected chi connectivity index (χ3v) is 6.16. The van der Waals surface area contributed by atoms with Crippen molar-refractivity contribution in [1.82, 2.24) is 5.32 Å². The Hall–Kier alpha value is -2.87. The molecule has 2 aromatic rings. The van der Waals surface area contributed by atoms with E-state index < -0.39 is 21.8 Å². The van der Waals surface area contributed by atoms with Crippen molar-refractivity contribution in [3.8, 4) is 0 Å². The van der Waals surface area contributed by atoms with E-state index in [1.165, 1.54) is 4.31 Å². The molecule has 0 unspecified atom stereocenters. The number of sulfonamides is 1. The van der Waals surface area contributed by atoms with Crippen LogP contribution in [0.2, 0.25) is 0 Å². The molecule has 2 aromatic carbocycles. The average molecular weight is 387 g/mol. The van der Waals surface area contributed by atoms with Crippen LogP contribution in [-0.4, -0.2) is 32.5 Å². The second kappa shape index (κ2) is 7.79. The molecule has 2 amide bonds. The van der Waals surface area contributed by atoms with E-state index in [-0.39, 0.29) is 12.3 Å². The van der Waals surface area contributed by atoms with Gasteiger partial charge in [-0.2, -0.15) is 0 Å². The number of rotatable bonds is 4. The Balaban J connectivity index is 1.55. The molecule has 1 saturated heterocycles. The molecule has 0 aromatic heterocycles. The van der Waals surface area contributed by atoms with Gasteiger partial charge >= 0.3 is 11.8 Å². The summed E-state index contributed by atoms with van der Waals surface area (Å²) in [6.45, 7) is 2.69. The lowest BCUT2D eigenvalue weighted by Crippen LogP contribution is -2.35. The third kappa shape index (κ3) is 4.65. The van der Waals surface area contributed by atoms with Crippen LogP contribution in [0.15, 0.2) is 48.5 Å². The van der Waals surface area contributed by atoms with Crippen molar-refractivity contribution in [1.29, 1.82) is 0 Å². The summed E-state index contributed by atoms with van der Waals surface area (Å²) in [4.78, 5) is 23.9. The normalized spacial score (nSPS) is 15.4. The van der Waals surface area contributed by atoms with E-state index in [4.69, 9.17) is 0 Å². The fraction of sp³-hybridized carbons (Fsp3) is 0.263. The Labute approximate surface area is 158 Å². The Morgan fingerprint density at radius 1 is 1.00 bits per heavy atom. The maximum Gasteiger partial charge on any atom is 0.313 e. The molecule has 142 valence electrons. The average Bonchev–Trinajstić information content (AvgIpc) is 3.00. The van der Waals surface area contributed by atoms with Crippen LogP contribution in [0, 0.1) is 6.92 Å². The number of carbonyl (C=O) groups is 2. The minimum atomic E-state index is -3.24. The van der Waals surface area contributed by atoms with Gasteiger partial charge < -0.3 is 10.6 Å². The lowest BCUT2D eigenvalue weighted by Gasteiger charge is -2.17. The standard InChI is InChI=1S/C19H21N3O4S/c1-14-3-5-15(6-4-14)13-20-18(23)19(24)21-16-7-9-17(10-8-16)22-11-2-12-27(22,25)26/h3-10H,2,11-13H2,1H3,(H,20,23)(H,21,24). The first-order valence-electron chi connectivity index (χ1n) is 8.60. The summed E-state index contributed by atoms with van der Waals surface area (Å²) in [5, 5.41) is 5.07. The topological polar surface area (TPSA) is 95.6 Å². The first-order chi connectivity index (χ1) is 12.8. The highest BCUT2D eigenvalue weighted by Crippen LogP contribution is 2.25. The maximum absolute atomic E-state index is 12.0. The Morgan fingerprint density at radius 3 is 2.26 bits per heavy atom. The van der Waals surface area contributed by atoms with Gasteiger partial charge in [-0.15, -0.1) is 0 Å². The van der Waals surface area contributed by atoms with E-state index in [2.05, 4.69) is 10.6 Å². The van der Waals surface area contributed by atoms with Gasteiger partial charge in [0, 0.05) is 18.8 Å². The predicted molar refractivity (Wildman–Crippen MR) is 104 cm³/mol. The molecule has 1 fully saturated rings. The summed E-state index contributed by atoms with van der Waals surface area (Å²) >= 11 is 0. The zero-order chi connectivity index (χ0) is 19.4. The molecule has 27 heavy (non-hydrogen) atoms. The molecule has 0 aliphatic carbocycles. The Bertz CT molecular complexity index is 938. The van der Waals surface area contributed by atoms with E-state index in [1.807, 2.05) is 31.2 Å². The van der Waals surface area contributed by atoms with E-state index in [9.17, 15) is 18.0 Å². The van der Waals surface area contributed by atoms with Gasteiger partial charge in [0.2, 0.25) is 10.0 Å². The summed E-state index contributed by atoms with van der Waals surface area (Å²) in [7, 11) is -3.24. The zero-order valence-corrected chi connectivity index (χ0v) is 15.8. The highest BCUT2D eigenvalue weighted by atomic mass is 32.2. The minimum absolute atomic E-state index is 0.145.